The van der Waals surface area contributed by atoms with Gasteiger partial charge in [-0.15, -0.1) is 0 Å². The zero-order valence-corrected chi connectivity index (χ0v) is 10.4. The minimum absolute atomic E-state index is 0.0407. The lowest BCUT2D eigenvalue weighted by Gasteiger charge is -2.05. The number of nitrogens with one attached hydrogen (secondary N) is 2. The second-order valence-corrected chi connectivity index (χ2v) is 3.91. The summed E-state index contributed by atoms with van der Waals surface area (Å²) in [7, 11) is 0. The SMILES string of the molecule is Cc1cc(NC(=O)c2ccc([N+](=O)[O-])c(NN)c2)no1. The Morgan fingerprint density at radius 2 is 2.20 bits per heavy atom. The van der Waals surface area contributed by atoms with E-state index in [9.17, 15) is 14.9 Å². The van der Waals surface area contributed by atoms with E-state index in [0.717, 1.165) is 0 Å². The molecule has 2 rings (SSSR count). The Balaban J connectivity index is 2.24. The topological polar surface area (TPSA) is 136 Å². The second kappa shape index (κ2) is 5.36. The van der Waals surface area contributed by atoms with E-state index < -0.39 is 10.8 Å². The highest BCUT2D eigenvalue weighted by Gasteiger charge is 2.16. The molecule has 0 spiro atoms. The summed E-state index contributed by atoms with van der Waals surface area (Å²) in [6.07, 6.45) is 0. The lowest BCUT2D eigenvalue weighted by Crippen LogP contribution is -2.14. The minimum Gasteiger partial charge on any atom is -0.360 e. The van der Waals surface area contributed by atoms with Gasteiger partial charge in [0, 0.05) is 17.7 Å². The van der Waals surface area contributed by atoms with E-state index in [-0.39, 0.29) is 22.8 Å². The first-order chi connectivity index (χ1) is 9.51. The summed E-state index contributed by atoms with van der Waals surface area (Å²) in [5.74, 6) is 5.52. The average Bonchev–Trinajstić information content (AvgIpc) is 2.83. The highest BCUT2D eigenvalue weighted by Crippen LogP contribution is 2.24. The smallest absolute Gasteiger partial charge is 0.293 e. The van der Waals surface area contributed by atoms with Gasteiger partial charge in [0.05, 0.1) is 4.92 Å². The first kappa shape index (κ1) is 13.5. The largest absolute Gasteiger partial charge is 0.360 e. The molecule has 1 aromatic heterocycles. The van der Waals surface area contributed by atoms with Gasteiger partial charge < -0.3 is 15.3 Å². The standard InChI is InChI=1S/C11H11N5O4/c1-6-4-10(15-20-6)13-11(17)7-2-3-9(16(18)19)8(5-7)14-12/h2-5,14H,12H2,1H3,(H,13,15,17). The van der Waals surface area contributed by atoms with Crippen molar-refractivity contribution < 1.29 is 14.2 Å². The van der Waals surface area contributed by atoms with Gasteiger partial charge in [0.2, 0.25) is 0 Å². The summed E-state index contributed by atoms with van der Waals surface area (Å²) in [6, 6.07) is 5.34. The van der Waals surface area contributed by atoms with Crippen molar-refractivity contribution >= 4 is 23.1 Å². The van der Waals surface area contributed by atoms with Crippen LogP contribution in [0, 0.1) is 17.0 Å². The third kappa shape index (κ3) is 2.72. The Hall–Kier alpha value is -2.94. The highest BCUT2D eigenvalue weighted by atomic mass is 16.6. The lowest BCUT2D eigenvalue weighted by atomic mass is 10.1. The minimum atomic E-state index is -0.599. The number of nitrogens with zero attached hydrogens (tertiary/aromatic N) is 2. The molecule has 0 radical (unpaired) electrons. The van der Waals surface area contributed by atoms with Crippen LogP contribution in [-0.2, 0) is 0 Å². The van der Waals surface area contributed by atoms with E-state index in [1.165, 1.54) is 18.2 Å². The zero-order valence-electron chi connectivity index (χ0n) is 10.4. The predicted octanol–water partition coefficient (Wildman–Crippen LogP) is 1.43. The van der Waals surface area contributed by atoms with E-state index in [0.29, 0.717) is 5.76 Å². The fourth-order valence-electron chi connectivity index (χ4n) is 1.57. The second-order valence-electron chi connectivity index (χ2n) is 3.91. The first-order valence-electron chi connectivity index (χ1n) is 5.51. The molecule has 0 saturated carbocycles. The fraction of sp³-hybridized carbons (Fsp3) is 0.0909. The molecule has 0 bridgehead atoms. The van der Waals surface area contributed by atoms with Crippen LogP contribution < -0.4 is 16.6 Å². The average molecular weight is 277 g/mol. The van der Waals surface area contributed by atoms with Crippen molar-refractivity contribution in [3.8, 4) is 0 Å². The number of nitro groups is 1. The van der Waals surface area contributed by atoms with Crippen molar-refractivity contribution in [1.29, 1.82) is 0 Å². The van der Waals surface area contributed by atoms with Crippen molar-refractivity contribution in [2.45, 2.75) is 6.92 Å². The van der Waals surface area contributed by atoms with Crippen LogP contribution in [0.1, 0.15) is 16.1 Å². The van der Waals surface area contributed by atoms with Gasteiger partial charge >= 0.3 is 0 Å². The van der Waals surface area contributed by atoms with Gasteiger partial charge in [0.15, 0.2) is 5.82 Å². The van der Waals surface area contributed by atoms with Crippen LogP contribution in [0.4, 0.5) is 17.2 Å². The number of hydrogen-bond acceptors (Lipinski definition) is 7. The molecule has 0 aliphatic heterocycles. The van der Waals surface area contributed by atoms with Crippen LogP contribution in [0.5, 0.6) is 0 Å². The quantitative estimate of drug-likeness (QED) is 0.436. The van der Waals surface area contributed by atoms with Gasteiger partial charge in [-0.05, 0) is 19.1 Å². The Morgan fingerprint density at radius 1 is 1.45 bits per heavy atom. The van der Waals surface area contributed by atoms with Crippen LogP contribution in [0.25, 0.3) is 0 Å². The van der Waals surface area contributed by atoms with Crippen LogP contribution in [0.3, 0.4) is 0 Å². The molecule has 0 fully saturated rings. The lowest BCUT2D eigenvalue weighted by molar-refractivity contribution is -0.384. The molecule has 2 aromatic rings. The molecule has 0 atom stereocenters. The molecular weight excluding hydrogens is 266 g/mol. The monoisotopic (exact) mass is 277 g/mol. The first-order valence-corrected chi connectivity index (χ1v) is 5.51. The molecule has 20 heavy (non-hydrogen) atoms. The molecule has 0 aliphatic carbocycles. The molecule has 104 valence electrons. The van der Waals surface area contributed by atoms with Crippen LogP contribution in [-0.4, -0.2) is 16.0 Å². The number of nitro benzene ring substituents is 1. The normalized spacial score (nSPS) is 10.1. The Kier molecular flexibility index (Phi) is 3.62. The molecule has 0 aliphatic rings. The van der Waals surface area contributed by atoms with Gasteiger partial charge in [-0.1, -0.05) is 5.16 Å². The fourth-order valence-corrected chi connectivity index (χ4v) is 1.57. The number of nitrogen functional groups attached to an aromatic ring is 1. The van der Waals surface area contributed by atoms with E-state index in [2.05, 4.69) is 15.9 Å². The van der Waals surface area contributed by atoms with Crippen LogP contribution >= 0.6 is 0 Å². The number of rotatable bonds is 4. The Bertz CT molecular complexity index is 667. The number of benzene rings is 1. The summed E-state index contributed by atoms with van der Waals surface area (Å²) >= 11 is 0. The van der Waals surface area contributed by atoms with Gasteiger partial charge in [-0.3, -0.25) is 20.8 Å². The van der Waals surface area contributed by atoms with Gasteiger partial charge in [-0.25, -0.2) is 0 Å². The van der Waals surface area contributed by atoms with Crippen molar-refractivity contribution in [2.24, 2.45) is 5.84 Å². The maximum absolute atomic E-state index is 11.9. The highest BCUT2D eigenvalue weighted by molar-refractivity contribution is 6.04. The number of hydrogen-bond donors (Lipinski definition) is 3. The Morgan fingerprint density at radius 3 is 2.75 bits per heavy atom. The van der Waals surface area contributed by atoms with Crippen molar-refractivity contribution in [3.05, 3.63) is 45.7 Å². The van der Waals surface area contributed by atoms with Gasteiger partial charge in [-0.2, -0.15) is 0 Å². The number of aryl methyl sites for hydroxylation is 1. The van der Waals surface area contributed by atoms with E-state index in [4.69, 9.17) is 10.4 Å². The molecule has 9 nitrogen and oxygen atoms in total. The molecule has 1 heterocycles. The summed E-state index contributed by atoms with van der Waals surface area (Å²) < 4.78 is 4.81. The van der Waals surface area contributed by atoms with E-state index in [1.807, 2.05) is 0 Å². The number of carbonyl (C=O) groups is 1. The van der Waals surface area contributed by atoms with Gasteiger partial charge in [0.25, 0.3) is 11.6 Å². The molecule has 9 heteroatoms. The molecule has 0 unspecified atom stereocenters. The number of nitrogens with two attached hydrogens (primary N) is 1. The van der Waals surface area contributed by atoms with Gasteiger partial charge in [0.1, 0.15) is 11.4 Å². The molecule has 1 aromatic carbocycles. The van der Waals surface area contributed by atoms with Crippen LogP contribution in [0.2, 0.25) is 0 Å². The Labute approximate surface area is 112 Å². The van der Waals surface area contributed by atoms with E-state index >= 15 is 0 Å². The van der Waals surface area contributed by atoms with Crippen molar-refractivity contribution in [2.75, 3.05) is 10.7 Å². The third-order valence-corrected chi connectivity index (χ3v) is 2.48. The number of carbonyl (C=O) groups excluding carboxylic acids is 1. The molecule has 0 saturated heterocycles. The van der Waals surface area contributed by atoms with Crippen molar-refractivity contribution in [1.82, 2.24) is 5.16 Å². The summed E-state index contributed by atoms with van der Waals surface area (Å²) in [4.78, 5) is 22.1. The van der Waals surface area contributed by atoms with Crippen LogP contribution in [0.15, 0.2) is 28.8 Å². The summed E-state index contributed by atoms with van der Waals surface area (Å²) in [5.41, 5.74) is 2.20. The summed E-state index contributed by atoms with van der Waals surface area (Å²) in [5, 5.41) is 16.9. The zero-order chi connectivity index (χ0) is 14.7. The predicted molar refractivity (Wildman–Crippen MR) is 70.1 cm³/mol. The number of amides is 1. The number of anilines is 2. The third-order valence-electron chi connectivity index (χ3n) is 2.48. The number of aromatic nitrogens is 1. The molecule has 4 N–H and O–H groups in total. The summed E-state index contributed by atoms with van der Waals surface area (Å²) in [6.45, 7) is 1.69. The maximum atomic E-state index is 11.9. The number of hydrazine groups is 1. The van der Waals surface area contributed by atoms with E-state index in [1.54, 1.807) is 13.0 Å². The maximum Gasteiger partial charge on any atom is 0.293 e. The molecule has 1 amide bonds. The molecular formula is C11H11N5O4. The van der Waals surface area contributed by atoms with Crippen molar-refractivity contribution in [3.63, 3.8) is 0 Å².